The third-order valence-corrected chi connectivity index (χ3v) is 11.6. The second-order valence-electron chi connectivity index (χ2n) is 12.1. The highest BCUT2D eigenvalue weighted by atomic mass is 32.2. The minimum atomic E-state index is -0.801. The summed E-state index contributed by atoms with van der Waals surface area (Å²) in [7, 11) is 1.75. The van der Waals surface area contributed by atoms with Gasteiger partial charge in [0, 0.05) is 30.6 Å². The van der Waals surface area contributed by atoms with E-state index in [0.29, 0.717) is 19.5 Å². The molecule has 7 nitrogen and oxygen atoms in total. The molecule has 3 heterocycles. The molecule has 1 aromatic carbocycles. The lowest BCUT2D eigenvalue weighted by molar-refractivity contribution is -0.146. The van der Waals surface area contributed by atoms with E-state index < -0.39 is 33.4 Å². The first-order chi connectivity index (χ1) is 18.9. The molecule has 2 unspecified atom stereocenters. The van der Waals surface area contributed by atoms with Gasteiger partial charge >= 0.3 is 0 Å². The van der Waals surface area contributed by atoms with Gasteiger partial charge in [-0.2, -0.15) is 0 Å². The molecule has 0 radical (unpaired) electrons. The number of likely N-dealkylation sites (tertiary alicyclic amines) is 1. The van der Waals surface area contributed by atoms with Crippen LogP contribution in [0.1, 0.15) is 51.2 Å². The highest BCUT2D eigenvalue weighted by Gasteiger charge is 2.78. The number of carbonyl (C=O) groups excluding carboxylic acids is 3. The Bertz CT molecular complexity index is 1200. The van der Waals surface area contributed by atoms with Crippen molar-refractivity contribution in [2.75, 3.05) is 31.6 Å². The van der Waals surface area contributed by atoms with Crippen LogP contribution in [0.15, 0.2) is 43.5 Å². The molecular formula is C32H45N3O4S. The van der Waals surface area contributed by atoms with E-state index in [1.54, 1.807) is 45.7 Å². The van der Waals surface area contributed by atoms with Gasteiger partial charge in [0.2, 0.25) is 11.8 Å². The SMILES string of the molecule is C=CCN(C)C(=O)[C@H]1[C@H]2C(=O)N([C@@H](CO)[C@@H](C)CC)C(C(=O)N(CC=C)c3cc(C)ccc3C)C23CC[C@]1(C)S3. The number of hydrogen-bond acceptors (Lipinski definition) is 5. The predicted molar refractivity (Wildman–Crippen MR) is 162 cm³/mol. The Morgan fingerprint density at radius 1 is 1.20 bits per heavy atom. The van der Waals surface area contributed by atoms with E-state index in [2.05, 4.69) is 20.1 Å². The van der Waals surface area contributed by atoms with E-state index >= 15 is 0 Å². The Kier molecular flexibility index (Phi) is 8.63. The van der Waals surface area contributed by atoms with Gasteiger partial charge < -0.3 is 19.8 Å². The molecule has 1 aromatic rings. The van der Waals surface area contributed by atoms with Gasteiger partial charge in [0.25, 0.3) is 5.91 Å². The Morgan fingerprint density at radius 2 is 1.88 bits per heavy atom. The predicted octanol–water partition coefficient (Wildman–Crippen LogP) is 4.36. The molecular weight excluding hydrogens is 522 g/mol. The maximum atomic E-state index is 14.9. The highest BCUT2D eigenvalue weighted by Crippen LogP contribution is 2.72. The van der Waals surface area contributed by atoms with Crippen LogP contribution in [0.5, 0.6) is 0 Å². The maximum absolute atomic E-state index is 14.9. The lowest BCUT2D eigenvalue weighted by Gasteiger charge is -2.41. The zero-order valence-corrected chi connectivity index (χ0v) is 25.7. The van der Waals surface area contributed by atoms with Crippen LogP contribution in [-0.2, 0) is 14.4 Å². The fourth-order valence-electron chi connectivity index (χ4n) is 7.31. The molecule has 3 fully saturated rings. The molecule has 3 aliphatic heterocycles. The van der Waals surface area contributed by atoms with Crippen molar-refractivity contribution in [1.82, 2.24) is 9.80 Å². The lowest BCUT2D eigenvalue weighted by Crippen LogP contribution is -2.58. The Hall–Kier alpha value is -2.58. The van der Waals surface area contributed by atoms with E-state index in [4.69, 9.17) is 0 Å². The topological polar surface area (TPSA) is 81.2 Å². The largest absolute Gasteiger partial charge is 0.394 e. The van der Waals surface area contributed by atoms with Crippen LogP contribution in [0.3, 0.4) is 0 Å². The Balaban J connectivity index is 1.90. The molecule has 4 rings (SSSR count). The smallest absolute Gasteiger partial charge is 0.251 e. The molecule has 7 atom stereocenters. The number of fused-ring (bicyclic) bond motifs is 1. The van der Waals surface area contributed by atoms with E-state index in [-0.39, 0.29) is 30.2 Å². The van der Waals surface area contributed by atoms with Crippen LogP contribution in [0.25, 0.3) is 0 Å². The number of thioether (sulfide) groups is 1. The normalized spacial score (nSPS) is 30.1. The molecule has 3 aliphatic rings. The third kappa shape index (κ3) is 4.61. The zero-order chi connectivity index (χ0) is 29.6. The average Bonchev–Trinajstić information content (AvgIpc) is 3.49. The monoisotopic (exact) mass is 567 g/mol. The second-order valence-corrected chi connectivity index (χ2v) is 14.0. The van der Waals surface area contributed by atoms with Crippen molar-refractivity contribution in [2.24, 2.45) is 17.8 Å². The van der Waals surface area contributed by atoms with Gasteiger partial charge in [-0.05, 0) is 56.7 Å². The fraction of sp³-hybridized carbons (Fsp3) is 0.594. The van der Waals surface area contributed by atoms with Gasteiger partial charge in [-0.25, -0.2) is 0 Å². The molecule has 8 heteroatoms. The summed E-state index contributed by atoms with van der Waals surface area (Å²) in [4.78, 5) is 48.5. The summed E-state index contributed by atoms with van der Waals surface area (Å²) in [6, 6.07) is 4.70. The number of aryl methyl sites for hydroxylation is 2. The van der Waals surface area contributed by atoms with Gasteiger partial charge in [-0.1, -0.05) is 44.6 Å². The summed E-state index contributed by atoms with van der Waals surface area (Å²) in [6.07, 6.45) is 5.56. The number of nitrogens with zero attached hydrogens (tertiary/aromatic N) is 3. The number of hydrogen-bond donors (Lipinski definition) is 1. The summed E-state index contributed by atoms with van der Waals surface area (Å²) in [6.45, 7) is 18.3. The van der Waals surface area contributed by atoms with Gasteiger partial charge in [-0.3, -0.25) is 14.4 Å². The van der Waals surface area contributed by atoms with E-state index in [1.807, 2.05) is 45.9 Å². The van der Waals surface area contributed by atoms with Gasteiger partial charge in [0.1, 0.15) is 6.04 Å². The van der Waals surface area contributed by atoms with Crippen molar-refractivity contribution in [1.29, 1.82) is 0 Å². The van der Waals surface area contributed by atoms with E-state index in [1.165, 1.54) is 0 Å². The summed E-state index contributed by atoms with van der Waals surface area (Å²) >= 11 is 1.66. The molecule has 0 saturated carbocycles. The summed E-state index contributed by atoms with van der Waals surface area (Å²) in [5.41, 5.74) is 2.79. The number of aliphatic hydroxyl groups excluding tert-OH is 1. The second kappa shape index (κ2) is 11.4. The standard InChI is InChI=1S/C32H45N3O4S/c1-9-16-33(8)28(37)25-26-29(38)35(24(19-36)21(5)11-3)27(32(26)15-14-31(25,7)40-32)30(39)34(17-10-2)23-18-20(4)12-13-22(23)6/h9-10,12-13,18,21,24-27,36H,1-2,11,14-17,19H2,3-8H3/t21-,24-,25+,26-,27?,31-,32?/m0/s1. The molecule has 0 aromatic heterocycles. The van der Waals surface area contributed by atoms with Crippen molar-refractivity contribution in [3.63, 3.8) is 0 Å². The number of likely N-dealkylation sites (N-methyl/N-ethyl adjacent to an activating group) is 1. The molecule has 40 heavy (non-hydrogen) atoms. The van der Waals surface area contributed by atoms with Gasteiger partial charge in [-0.15, -0.1) is 24.9 Å². The number of rotatable bonds is 11. The molecule has 218 valence electrons. The van der Waals surface area contributed by atoms with Crippen LogP contribution in [-0.4, -0.2) is 80.9 Å². The van der Waals surface area contributed by atoms with Crippen molar-refractivity contribution in [3.05, 3.63) is 54.6 Å². The molecule has 1 spiro atoms. The van der Waals surface area contributed by atoms with E-state index in [0.717, 1.165) is 29.7 Å². The van der Waals surface area contributed by atoms with Crippen LogP contribution in [0.2, 0.25) is 0 Å². The highest BCUT2D eigenvalue weighted by molar-refractivity contribution is 8.02. The van der Waals surface area contributed by atoms with Crippen molar-refractivity contribution < 1.29 is 19.5 Å². The summed E-state index contributed by atoms with van der Waals surface area (Å²) in [5.74, 6) is -1.64. The minimum absolute atomic E-state index is 0.0246. The average molecular weight is 568 g/mol. The zero-order valence-electron chi connectivity index (χ0n) is 24.9. The Labute approximate surface area is 243 Å². The van der Waals surface area contributed by atoms with Crippen LogP contribution in [0, 0.1) is 31.6 Å². The number of benzene rings is 1. The lowest BCUT2D eigenvalue weighted by atomic mass is 9.66. The quantitative estimate of drug-likeness (QED) is 0.402. The van der Waals surface area contributed by atoms with Gasteiger partial charge in [0.05, 0.1) is 29.2 Å². The maximum Gasteiger partial charge on any atom is 0.251 e. The van der Waals surface area contributed by atoms with Crippen LogP contribution >= 0.6 is 11.8 Å². The summed E-state index contributed by atoms with van der Waals surface area (Å²) in [5, 5.41) is 10.6. The van der Waals surface area contributed by atoms with Crippen molar-refractivity contribution >= 4 is 35.2 Å². The third-order valence-electron chi connectivity index (χ3n) is 9.57. The first kappa shape index (κ1) is 30.4. The van der Waals surface area contributed by atoms with Crippen LogP contribution < -0.4 is 4.90 Å². The van der Waals surface area contributed by atoms with Gasteiger partial charge in [0.15, 0.2) is 0 Å². The number of aliphatic hydroxyl groups is 1. The fourth-order valence-corrected chi connectivity index (χ4v) is 9.64. The first-order valence-electron chi connectivity index (χ1n) is 14.4. The van der Waals surface area contributed by atoms with E-state index in [9.17, 15) is 19.5 Å². The van der Waals surface area contributed by atoms with Crippen LogP contribution in [0.4, 0.5) is 5.69 Å². The minimum Gasteiger partial charge on any atom is -0.394 e. The Morgan fingerprint density at radius 3 is 2.48 bits per heavy atom. The van der Waals surface area contributed by atoms with Crippen molar-refractivity contribution in [2.45, 2.75) is 75.5 Å². The molecule has 3 amide bonds. The van der Waals surface area contributed by atoms with Crippen molar-refractivity contribution in [3.8, 4) is 0 Å². The molecule has 2 bridgehead atoms. The molecule has 0 aliphatic carbocycles. The summed E-state index contributed by atoms with van der Waals surface area (Å²) < 4.78 is -1.21. The molecule has 3 saturated heterocycles. The molecule has 1 N–H and O–H groups in total. The number of carbonyl (C=O) groups is 3. The first-order valence-corrected chi connectivity index (χ1v) is 15.2. The number of anilines is 1. The number of amides is 3.